The first kappa shape index (κ1) is 20.0. The standard InChI is InChI=1S/C21H24N4O2/c1-15-7-10-17(11-8-15)24-20(26)5-3-2-4-6-21(27)25-19-13-16(14-22)9-12-18(19)23/h7-13H,2-6,23H2,1H3,(H,24,26)(H,25,27). The van der Waals surface area contributed by atoms with Gasteiger partial charge in [-0.25, -0.2) is 0 Å². The van der Waals surface area contributed by atoms with Crippen molar-refractivity contribution in [3.8, 4) is 6.07 Å². The number of anilines is 3. The van der Waals surface area contributed by atoms with Crippen molar-refractivity contribution in [2.45, 2.75) is 39.0 Å². The average Bonchev–Trinajstić information content (AvgIpc) is 2.65. The Hall–Kier alpha value is -3.33. The van der Waals surface area contributed by atoms with Gasteiger partial charge in [-0.05, 0) is 50.1 Å². The summed E-state index contributed by atoms with van der Waals surface area (Å²) < 4.78 is 0. The normalized spacial score (nSPS) is 10.1. The first-order valence-electron chi connectivity index (χ1n) is 8.94. The van der Waals surface area contributed by atoms with Gasteiger partial charge in [0.15, 0.2) is 0 Å². The van der Waals surface area contributed by atoms with Gasteiger partial charge in [-0.3, -0.25) is 9.59 Å². The lowest BCUT2D eigenvalue weighted by Crippen LogP contribution is -2.13. The topological polar surface area (TPSA) is 108 Å². The van der Waals surface area contributed by atoms with Gasteiger partial charge in [-0.15, -0.1) is 0 Å². The quantitative estimate of drug-likeness (QED) is 0.486. The third-order valence-corrected chi connectivity index (χ3v) is 4.10. The molecule has 0 atom stereocenters. The van der Waals surface area contributed by atoms with Gasteiger partial charge in [-0.2, -0.15) is 5.26 Å². The number of unbranched alkanes of at least 4 members (excludes halogenated alkanes) is 2. The molecule has 0 aliphatic carbocycles. The van der Waals surface area contributed by atoms with Crippen molar-refractivity contribution in [1.82, 2.24) is 0 Å². The summed E-state index contributed by atoms with van der Waals surface area (Å²) in [5.41, 5.74) is 9.07. The van der Waals surface area contributed by atoms with Crippen LogP contribution in [0.5, 0.6) is 0 Å². The molecule has 0 saturated carbocycles. The summed E-state index contributed by atoms with van der Waals surface area (Å²) >= 11 is 0. The van der Waals surface area contributed by atoms with Crippen LogP contribution in [0, 0.1) is 18.3 Å². The monoisotopic (exact) mass is 364 g/mol. The lowest BCUT2D eigenvalue weighted by molar-refractivity contribution is -0.116. The molecule has 2 amide bonds. The van der Waals surface area contributed by atoms with E-state index in [9.17, 15) is 9.59 Å². The van der Waals surface area contributed by atoms with Gasteiger partial charge in [0.25, 0.3) is 0 Å². The number of aryl methyl sites for hydroxylation is 1. The van der Waals surface area contributed by atoms with Crippen molar-refractivity contribution in [3.05, 3.63) is 53.6 Å². The van der Waals surface area contributed by atoms with Crippen LogP contribution in [-0.4, -0.2) is 11.8 Å². The number of amides is 2. The van der Waals surface area contributed by atoms with E-state index in [-0.39, 0.29) is 11.8 Å². The number of nitrogens with zero attached hydrogens (tertiary/aromatic N) is 1. The Kier molecular flexibility index (Phi) is 7.38. The minimum atomic E-state index is -0.152. The molecule has 6 nitrogen and oxygen atoms in total. The molecular formula is C21H24N4O2. The van der Waals surface area contributed by atoms with E-state index in [0.717, 1.165) is 24.1 Å². The van der Waals surface area contributed by atoms with E-state index in [4.69, 9.17) is 11.0 Å². The van der Waals surface area contributed by atoms with E-state index in [1.807, 2.05) is 37.3 Å². The van der Waals surface area contributed by atoms with Gasteiger partial charge in [0.1, 0.15) is 0 Å². The minimum Gasteiger partial charge on any atom is -0.397 e. The van der Waals surface area contributed by atoms with E-state index in [0.29, 0.717) is 36.2 Å². The SMILES string of the molecule is Cc1ccc(NC(=O)CCCCCC(=O)Nc2cc(C#N)ccc2N)cc1. The molecule has 6 heteroatoms. The van der Waals surface area contributed by atoms with Crippen molar-refractivity contribution in [3.63, 3.8) is 0 Å². The Morgan fingerprint density at radius 2 is 1.59 bits per heavy atom. The zero-order chi connectivity index (χ0) is 19.6. The first-order chi connectivity index (χ1) is 13.0. The van der Waals surface area contributed by atoms with Crippen LogP contribution < -0.4 is 16.4 Å². The molecule has 27 heavy (non-hydrogen) atoms. The fourth-order valence-corrected chi connectivity index (χ4v) is 2.56. The highest BCUT2D eigenvalue weighted by Gasteiger charge is 2.07. The van der Waals surface area contributed by atoms with Crippen LogP contribution in [0.1, 0.15) is 43.2 Å². The van der Waals surface area contributed by atoms with Gasteiger partial charge < -0.3 is 16.4 Å². The number of nitrogens with one attached hydrogen (secondary N) is 2. The van der Waals surface area contributed by atoms with Gasteiger partial charge in [-0.1, -0.05) is 24.1 Å². The smallest absolute Gasteiger partial charge is 0.224 e. The minimum absolute atomic E-state index is 0.0237. The van der Waals surface area contributed by atoms with Crippen LogP contribution in [0.25, 0.3) is 0 Å². The molecule has 2 aromatic carbocycles. The van der Waals surface area contributed by atoms with E-state index in [1.54, 1.807) is 18.2 Å². The molecule has 0 aliphatic heterocycles. The van der Waals surface area contributed by atoms with Gasteiger partial charge in [0, 0.05) is 18.5 Å². The first-order valence-corrected chi connectivity index (χ1v) is 8.94. The summed E-state index contributed by atoms with van der Waals surface area (Å²) in [4.78, 5) is 23.9. The summed E-state index contributed by atoms with van der Waals surface area (Å²) in [6, 6.07) is 14.4. The average molecular weight is 364 g/mol. The molecule has 0 saturated heterocycles. The number of benzene rings is 2. The highest BCUT2D eigenvalue weighted by Crippen LogP contribution is 2.20. The maximum atomic E-state index is 12.0. The maximum absolute atomic E-state index is 12.0. The second kappa shape index (κ2) is 9.97. The van der Waals surface area contributed by atoms with E-state index in [1.165, 1.54) is 0 Å². The van der Waals surface area contributed by atoms with Crippen LogP contribution in [0.4, 0.5) is 17.1 Å². The molecule has 0 fully saturated rings. The Balaban J connectivity index is 1.65. The summed E-state index contributed by atoms with van der Waals surface area (Å²) in [5, 5.41) is 14.5. The Labute approximate surface area is 159 Å². The molecule has 4 N–H and O–H groups in total. The summed E-state index contributed by atoms with van der Waals surface area (Å²) in [5.74, 6) is -0.176. The van der Waals surface area contributed by atoms with Crippen LogP contribution in [-0.2, 0) is 9.59 Å². The Morgan fingerprint density at radius 3 is 2.22 bits per heavy atom. The Morgan fingerprint density at radius 1 is 0.963 bits per heavy atom. The van der Waals surface area contributed by atoms with Gasteiger partial charge in [0.2, 0.25) is 11.8 Å². The van der Waals surface area contributed by atoms with Crippen molar-refractivity contribution in [2.24, 2.45) is 0 Å². The lowest BCUT2D eigenvalue weighted by atomic mass is 10.1. The third-order valence-electron chi connectivity index (χ3n) is 4.10. The fourth-order valence-electron chi connectivity index (χ4n) is 2.56. The van der Waals surface area contributed by atoms with Crippen LogP contribution >= 0.6 is 0 Å². The predicted octanol–water partition coefficient (Wildman–Crippen LogP) is 3.98. The number of carbonyl (C=O) groups is 2. The van der Waals surface area contributed by atoms with Crippen LogP contribution in [0.3, 0.4) is 0 Å². The third kappa shape index (κ3) is 6.83. The van der Waals surface area contributed by atoms with E-state index < -0.39 is 0 Å². The molecule has 140 valence electrons. The highest BCUT2D eigenvalue weighted by molar-refractivity contribution is 5.94. The predicted molar refractivity (Wildman–Crippen MR) is 107 cm³/mol. The molecule has 0 spiro atoms. The molecule has 0 aliphatic rings. The Bertz CT molecular complexity index is 838. The molecular weight excluding hydrogens is 340 g/mol. The van der Waals surface area contributed by atoms with E-state index in [2.05, 4.69) is 10.6 Å². The number of carbonyl (C=O) groups excluding carboxylic acids is 2. The lowest BCUT2D eigenvalue weighted by Gasteiger charge is -2.08. The number of hydrogen-bond acceptors (Lipinski definition) is 4. The highest BCUT2D eigenvalue weighted by atomic mass is 16.2. The van der Waals surface area contributed by atoms with E-state index >= 15 is 0 Å². The van der Waals surface area contributed by atoms with Crippen LogP contribution in [0.15, 0.2) is 42.5 Å². The fraction of sp³-hybridized carbons (Fsp3) is 0.286. The zero-order valence-electron chi connectivity index (χ0n) is 15.4. The number of nitrogens with two attached hydrogens (primary N) is 1. The number of nitrogen functional groups attached to an aromatic ring is 1. The number of nitriles is 1. The largest absolute Gasteiger partial charge is 0.397 e. The molecule has 2 aromatic rings. The molecule has 0 aromatic heterocycles. The van der Waals surface area contributed by atoms with Crippen molar-refractivity contribution < 1.29 is 9.59 Å². The van der Waals surface area contributed by atoms with Crippen molar-refractivity contribution in [1.29, 1.82) is 5.26 Å². The molecule has 0 unspecified atom stereocenters. The summed E-state index contributed by atoms with van der Waals surface area (Å²) in [6.45, 7) is 2.00. The van der Waals surface area contributed by atoms with Gasteiger partial charge >= 0.3 is 0 Å². The zero-order valence-corrected chi connectivity index (χ0v) is 15.4. The second-order valence-electron chi connectivity index (χ2n) is 6.44. The number of hydrogen-bond donors (Lipinski definition) is 3. The van der Waals surface area contributed by atoms with Gasteiger partial charge in [0.05, 0.1) is 23.0 Å². The second-order valence-corrected chi connectivity index (χ2v) is 6.44. The molecule has 2 rings (SSSR count). The maximum Gasteiger partial charge on any atom is 0.224 e. The summed E-state index contributed by atoms with van der Waals surface area (Å²) in [6.07, 6.45) is 2.95. The molecule has 0 heterocycles. The molecule has 0 bridgehead atoms. The van der Waals surface area contributed by atoms with Crippen molar-refractivity contribution >= 4 is 28.9 Å². The van der Waals surface area contributed by atoms with Crippen LogP contribution in [0.2, 0.25) is 0 Å². The molecule has 0 radical (unpaired) electrons. The van der Waals surface area contributed by atoms with Crippen molar-refractivity contribution in [2.75, 3.05) is 16.4 Å². The number of rotatable bonds is 8. The summed E-state index contributed by atoms with van der Waals surface area (Å²) in [7, 11) is 0.